The fourth-order valence-corrected chi connectivity index (χ4v) is 2.52. The van der Waals surface area contributed by atoms with Gasteiger partial charge in [0, 0.05) is 15.8 Å². The van der Waals surface area contributed by atoms with Crippen LogP contribution in [-0.4, -0.2) is 17.0 Å². The molecule has 0 unspecified atom stereocenters. The van der Waals surface area contributed by atoms with Crippen molar-refractivity contribution in [3.8, 4) is 0 Å². The molecule has 0 saturated heterocycles. The molecule has 21 heavy (non-hydrogen) atoms. The van der Waals surface area contributed by atoms with Crippen LogP contribution in [0.1, 0.15) is 27.0 Å². The summed E-state index contributed by atoms with van der Waals surface area (Å²) in [5, 5.41) is 14.7. The highest BCUT2D eigenvalue weighted by Crippen LogP contribution is 2.17. The average Bonchev–Trinajstić information content (AvgIpc) is 2.95. The van der Waals surface area contributed by atoms with Crippen molar-refractivity contribution in [1.29, 1.82) is 0 Å². The first-order valence-electron chi connectivity index (χ1n) is 6.27. The highest BCUT2D eigenvalue weighted by Gasteiger charge is 2.18. The Bertz CT molecular complexity index is 694. The molecule has 2 aromatic rings. The second kappa shape index (κ2) is 6.76. The molecule has 1 aromatic carbocycles. The number of carbonyl (C=O) groups is 1. The number of aryl methyl sites for hydroxylation is 1. The van der Waals surface area contributed by atoms with E-state index in [0.717, 1.165) is 11.3 Å². The number of nitrogens with zero attached hydrogens (tertiary/aromatic N) is 2. The standard InChI is InChI=1S/C14H13N3O3S/c1-2-10-7-8-11(21-10)9-15-16-14(18)12-5-3-4-6-13(12)17(19)20/h3-9H,2H2,1H3,(H,16,18)/b15-9+. The summed E-state index contributed by atoms with van der Waals surface area (Å²) >= 11 is 1.58. The number of amides is 1. The Morgan fingerprint density at radius 1 is 1.38 bits per heavy atom. The largest absolute Gasteiger partial charge is 0.282 e. The summed E-state index contributed by atoms with van der Waals surface area (Å²) in [7, 11) is 0. The van der Waals surface area contributed by atoms with Gasteiger partial charge >= 0.3 is 0 Å². The molecule has 6 nitrogen and oxygen atoms in total. The van der Waals surface area contributed by atoms with Crippen molar-refractivity contribution in [3.63, 3.8) is 0 Å². The molecule has 0 aliphatic rings. The van der Waals surface area contributed by atoms with Crippen LogP contribution in [-0.2, 0) is 6.42 Å². The fraction of sp³-hybridized carbons (Fsp3) is 0.143. The second-order valence-corrected chi connectivity index (χ2v) is 5.33. The summed E-state index contributed by atoms with van der Waals surface area (Å²) in [4.78, 5) is 24.3. The monoisotopic (exact) mass is 303 g/mol. The van der Waals surface area contributed by atoms with Gasteiger partial charge in [-0.2, -0.15) is 5.10 Å². The van der Waals surface area contributed by atoms with Crippen molar-refractivity contribution in [2.45, 2.75) is 13.3 Å². The van der Waals surface area contributed by atoms with Gasteiger partial charge in [-0.05, 0) is 24.6 Å². The Kier molecular flexibility index (Phi) is 4.78. The first-order valence-corrected chi connectivity index (χ1v) is 7.09. The Balaban J connectivity index is 2.07. The molecule has 1 amide bonds. The maximum Gasteiger partial charge on any atom is 0.282 e. The summed E-state index contributed by atoms with van der Waals surface area (Å²) in [5.74, 6) is -0.606. The molecule has 108 valence electrons. The zero-order valence-electron chi connectivity index (χ0n) is 11.3. The number of para-hydroxylation sites is 1. The predicted molar refractivity (Wildman–Crippen MR) is 81.9 cm³/mol. The average molecular weight is 303 g/mol. The van der Waals surface area contributed by atoms with E-state index in [-0.39, 0.29) is 11.3 Å². The summed E-state index contributed by atoms with van der Waals surface area (Å²) < 4.78 is 0. The SMILES string of the molecule is CCc1ccc(/C=N/NC(=O)c2ccccc2[N+](=O)[O-])s1. The van der Waals surface area contributed by atoms with E-state index in [9.17, 15) is 14.9 Å². The van der Waals surface area contributed by atoms with Crippen molar-refractivity contribution < 1.29 is 9.72 Å². The van der Waals surface area contributed by atoms with Crippen LogP contribution < -0.4 is 5.43 Å². The zero-order valence-corrected chi connectivity index (χ0v) is 12.1. The highest BCUT2D eigenvalue weighted by atomic mass is 32.1. The third-order valence-electron chi connectivity index (χ3n) is 2.73. The molecule has 1 N–H and O–H groups in total. The molecule has 2 rings (SSSR count). The van der Waals surface area contributed by atoms with Crippen LogP contribution in [0.15, 0.2) is 41.5 Å². The maximum atomic E-state index is 11.9. The minimum atomic E-state index is -0.606. The topological polar surface area (TPSA) is 84.6 Å². The third kappa shape index (κ3) is 3.73. The number of nitrogens with one attached hydrogen (secondary N) is 1. The van der Waals surface area contributed by atoms with Gasteiger partial charge in [-0.3, -0.25) is 14.9 Å². The minimum absolute atomic E-state index is 0.0138. The molecule has 7 heteroatoms. The first-order chi connectivity index (χ1) is 10.1. The molecule has 0 bridgehead atoms. The number of hydrogen-bond donors (Lipinski definition) is 1. The second-order valence-electron chi connectivity index (χ2n) is 4.13. The number of carbonyl (C=O) groups excluding carboxylic acids is 1. The number of nitro benzene ring substituents is 1. The Hall–Kier alpha value is -2.54. The lowest BCUT2D eigenvalue weighted by molar-refractivity contribution is -0.385. The smallest absolute Gasteiger partial charge is 0.267 e. The Labute approximate surface area is 125 Å². The molecule has 0 fully saturated rings. The van der Waals surface area contributed by atoms with Crippen LogP contribution in [0.5, 0.6) is 0 Å². The van der Waals surface area contributed by atoms with E-state index >= 15 is 0 Å². The van der Waals surface area contributed by atoms with Crippen LogP contribution >= 0.6 is 11.3 Å². The van der Waals surface area contributed by atoms with Crippen LogP contribution in [0.2, 0.25) is 0 Å². The molecule has 0 radical (unpaired) electrons. The number of hydrazone groups is 1. The summed E-state index contributed by atoms with van der Waals surface area (Å²) in [6.45, 7) is 2.06. The molecule has 0 spiro atoms. The molecule has 0 atom stereocenters. The van der Waals surface area contributed by atoms with E-state index in [1.54, 1.807) is 17.4 Å². The van der Waals surface area contributed by atoms with Gasteiger partial charge in [0.25, 0.3) is 11.6 Å². The van der Waals surface area contributed by atoms with Gasteiger partial charge < -0.3 is 0 Å². The van der Waals surface area contributed by atoms with Gasteiger partial charge in [-0.1, -0.05) is 19.1 Å². The first kappa shape index (κ1) is 14.9. The van der Waals surface area contributed by atoms with Crippen LogP contribution in [0, 0.1) is 10.1 Å². The van der Waals surface area contributed by atoms with E-state index in [1.165, 1.54) is 29.3 Å². The summed E-state index contributed by atoms with van der Waals surface area (Å²) in [6, 6.07) is 9.66. The zero-order chi connectivity index (χ0) is 15.2. The van der Waals surface area contributed by atoms with Gasteiger partial charge in [0.1, 0.15) is 5.56 Å². The van der Waals surface area contributed by atoms with Gasteiger partial charge in [-0.15, -0.1) is 11.3 Å². The maximum absolute atomic E-state index is 11.9. The number of rotatable bonds is 5. The van der Waals surface area contributed by atoms with Crippen LogP contribution in [0.4, 0.5) is 5.69 Å². The van der Waals surface area contributed by atoms with E-state index in [0.29, 0.717) is 0 Å². The molecule has 0 aliphatic heterocycles. The molecule has 1 aromatic heterocycles. The number of benzene rings is 1. The van der Waals surface area contributed by atoms with Crippen molar-refractivity contribution in [1.82, 2.24) is 5.43 Å². The van der Waals surface area contributed by atoms with Crippen molar-refractivity contribution in [2.24, 2.45) is 5.10 Å². The predicted octanol–water partition coefficient (Wildman–Crippen LogP) is 2.98. The van der Waals surface area contributed by atoms with Crippen molar-refractivity contribution >= 4 is 29.1 Å². The summed E-state index contributed by atoms with van der Waals surface area (Å²) in [6.07, 6.45) is 2.47. The molecule has 0 aliphatic carbocycles. The third-order valence-corrected chi connectivity index (χ3v) is 3.90. The number of hydrogen-bond acceptors (Lipinski definition) is 5. The van der Waals surface area contributed by atoms with Crippen molar-refractivity contribution in [3.05, 3.63) is 61.8 Å². The Morgan fingerprint density at radius 2 is 2.14 bits per heavy atom. The van der Waals surface area contributed by atoms with Crippen molar-refractivity contribution in [2.75, 3.05) is 0 Å². The van der Waals surface area contributed by atoms with Crippen LogP contribution in [0.3, 0.4) is 0 Å². The summed E-state index contributed by atoms with van der Waals surface area (Å²) in [5.41, 5.74) is 2.05. The number of thiophene rings is 1. The normalized spacial score (nSPS) is 10.7. The lowest BCUT2D eigenvalue weighted by Crippen LogP contribution is -2.18. The van der Waals surface area contributed by atoms with Gasteiger partial charge in [0.15, 0.2) is 0 Å². The molecular weight excluding hydrogens is 290 g/mol. The lowest BCUT2D eigenvalue weighted by atomic mass is 10.2. The quantitative estimate of drug-likeness (QED) is 0.523. The lowest BCUT2D eigenvalue weighted by Gasteiger charge is -2.00. The van der Waals surface area contributed by atoms with E-state index in [4.69, 9.17) is 0 Å². The van der Waals surface area contributed by atoms with E-state index in [2.05, 4.69) is 17.5 Å². The fourth-order valence-electron chi connectivity index (χ4n) is 1.69. The Morgan fingerprint density at radius 3 is 2.81 bits per heavy atom. The van der Waals surface area contributed by atoms with Gasteiger partial charge in [-0.25, -0.2) is 5.43 Å². The molecule has 0 saturated carbocycles. The highest BCUT2D eigenvalue weighted by molar-refractivity contribution is 7.13. The minimum Gasteiger partial charge on any atom is -0.267 e. The number of nitro groups is 1. The van der Waals surface area contributed by atoms with E-state index in [1.807, 2.05) is 12.1 Å². The van der Waals surface area contributed by atoms with Crippen LogP contribution in [0.25, 0.3) is 0 Å². The molecule has 1 heterocycles. The van der Waals surface area contributed by atoms with Gasteiger partial charge in [0.2, 0.25) is 0 Å². The van der Waals surface area contributed by atoms with E-state index < -0.39 is 10.8 Å². The molecular formula is C14H13N3O3S. The van der Waals surface area contributed by atoms with Gasteiger partial charge in [0.05, 0.1) is 11.1 Å².